The maximum atomic E-state index is 6.65. The Balaban J connectivity index is 1.96. The number of thioether (sulfide) groups is 1. The summed E-state index contributed by atoms with van der Waals surface area (Å²) in [7, 11) is 0. The Morgan fingerprint density at radius 2 is 1.80 bits per heavy atom. The van der Waals surface area contributed by atoms with E-state index in [0.717, 1.165) is 22.6 Å². The Morgan fingerprint density at radius 1 is 1.05 bits per heavy atom. The lowest BCUT2D eigenvalue weighted by atomic mass is 10.0. The van der Waals surface area contributed by atoms with Crippen LogP contribution >= 0.6 is 23.4 Å². The summed E-state index contributed by atoms with van der Waals surface area (Å²) in [5, 5.41) is -0.186. The van der Waals surface area contributed by atoms with Crippen molar-refractivity contribution in [1.82, 2.24) is 0 Å². The molecule has 1 heterocycles. The van der Waals surface area contributed by atoms with Crippen LogP contribution in [0.5, 0.6) is 11.5 Å². The minimum atomic E-state index is -0.186. The van der Waals surface area contributed by atoms with Crippen molar-refractivity contribution in [3.05, 3.63) is 53.6 Å². The van der Waals surface area contributed by atoms with Crippen molar-refractivity contribution in [2.24, 2.45) is 0 Å². The van der Waals surface area contributed by atoms with Crippen molar-refractivity contribution in [2.45, 2.75) is 10.3 Å². The average molecular weight is 307 g/mol. The lowest BCUT2D eigenvalue weighted by Crippen LogP contribution is -2.15. The zero-order valence-corrected chi connectivity index (χ0v) is 12.7. The zero-order chi connectivity index (χ0) is 13.9. The van der Waals surface area contributed by atoms with E-state index >= 15 is 0 Å². The number of rotatable bonds is 3. The highest BCUT2D eigenvalue weighted by molar-refractivity contribution is 7.98. The second kappa shape index (κ2) is 5.98. The molecule has 2 aromatic carbocycles. The van der Waals surface area contributed by atoms with E-state index in [9.17, 15) is 0 Å². The quantitative estimate of drug-likeness (QED) is 0.614. The Bertz CT molecular complexity index is 615. The molecule has 0 fully saturated rings. The van der Waals surface area contributed by atoms with Gasteiger partial charge in [0, 0.05) is 4.90 Å². The molecule has 104 valence electrons. The fraction of sp³-hybridized carbons (Fsp3) is 0.250. The fourth-order valence-corrected chi connectivity index (χ4v) is 3.30. The molecule has 4 heteroatoms. The van der Waals surface area contributed by atoms with Crippen LogP contribution in [0.15, 0.2) is 47.4 Å². The van der Waals surface area contributed by atoms with Gasteiger partial charge in [0.2, 0.25) is 0 Å². The molecular weight excluding hydrogens is 292 g/mol. The molecule has 1 unspecified atom stereocenters. The molecule has 1 aliphatic heterocycles. The first-order valence-electron chi connectivity index (χ1n) is 6.46. The van der Waals surface area contributed by atoms with Crippen LogP contribution in [-0.4, -0.2) is 19.5 Å². The standard InChI is InChI=1S/C16H15ClO2S/c1-20-15-5-3-2-4-12(15)16(17)11-6-7-13-14(10-11)19-9-8-18-13/h2-7,10,16H,8-9H2,1H3. The highest BCUT2D eigenvalue weighted by atomic mass is 35.5. The van der Waals surface area contributed by atoms with E-state index in [0.29, 0.717) is 13.2 Å². The highest BCUT2D eigenvalue weighted by Crippen LogP contribution is 2.39. The van der Waals surface area contributed by atoms with Gasteiger partial charge in [-0.2, -0.15) is 0 Å². The first-order valence-corrected chi connectivity index (χ1v) is 8.12. The molecule has 0 spiro atoms. The van der Waals surface area contributed by atoms with Gasteiger partial charge in [-0.15, -0.1) is 23.4 Å². The minimum absolute atomic E-state index is 0.186. The molecule has 0 aliphatic carbocycles. The molecule has 0 amide bonds. The Morgan fingerprint density at radius 3 is 2.60 bits per heavy atom. The van der Waals surface area contributed by atoms with Gasteiger partial charge in [-0.05, 0) is 35.6 Å². The summed E-state index contributed by atoms with van der Waals surface area (Å²) < 4.78 is 11.2. The maximum Gasteiger partial charge on any atom is 0.161 e. The van der Waals surface area contributed by atoms with Crippen molar-refractivity contribution in [3.8, 4) is 11.5 Å². The van der Waals surface area contributed by atoms with E-state index in [1.54, 1.807) is 11.8 Å². The van der Waals surface area contributed by atoms with Crippen molar-refractivity contribution in [1.29, 1.82) is 0 Å². The van der Waals surface area contributed by atoms with E-state index in [4.69, 9.17) is 21.1 Å². The summed E-state index contributed by atoms with van der Waals surface area (Å²) in [6.07, 6.45) is 2.06. The molecule has 0 aromatic heterocycles. The Labute approximate surface area is 128 Å². The van der Waals surface area contributed by atoms with Crippen LogP contribution in [0.2, 0.25) is 0 Å². The van der Waals surface area contributed by atoms with Crippen molar-refractivity contribution >= 4 is 23.4 Å². The highest BCUT2D eigenvalue weighted by Gasteiger charge is 2.18. The summed E-state index contributed by atoms with van der Waals surface area (Å²) in [4.78, 5) is 1.20. The summed E-state index contributed by atoms with van der Waals surface area (Å²) in [5.74, 6) is 1.57. The number of benzene rings is 2. The van der Waals surface area contributed by atoms with Crippen LogP contribution in [0, 0.1) is 0 Å². The van der Waals surface area contributed by atoms with E-state index in [-0.39, 0.29) is 5.38 Å². The SMILES string of the molecule is CSc1ccccc1C(Cl)c1ccc2c(c1)OCCO2. The average Bonchev–Trinajstić information content (AvgIpc) is 2.53. The maximum absolute atomic E-state index is 6.65. The zero-order valence-electron chi connectivity index (χ0n) is 11.1. The molecule has 0 bridgehead atoms. The van der Waals surface area contributed by atoms with Crippen LogP contribution in [-0.2, 0) is 0 Å². The molecule has 0 saturated heterocycles. The number of fused-ring (bicyclic) bond motifs is 1. The van der Waals surface area contributed by atoms with Gasteiger partial charge in [0.1, 0.15) is 13.2 Å². The van der Waals surface area contributed by atoms with Gasteiger partial charge in [0.25, 0.3) is 0 Å². The molecule has 0 N–H and O–H groups in total. The van der Waals surface area contributed by atoms with Gasteiger partial charge >= 0.3 is 0 Å². The van der Waals surface area contributed by atoms with Crippen LogP contribution in [0.4, 0.5) is 0 Å². The lowest BCUT2D eigenvalue weighted by Gasteiger charge is -2.20. The van der Waals surface area contributed by atoms with E-state index in [2.05, 4.69) is 18.4 Å². The summed E-state index contributed by atoms with van der Waals surface area (Å²) >= 11 is 8.36. The number of alkyl halides is 1. The third-order valence-electron chi connectivity index (χ3n) is 3.27. The molecule has 0 saturated carbocycles. The molecule has 0 radical (unpaired) electrons. The van der Waals surface area contributed by atoms with Crippen LogP contribution in [0.1, 0.15) is 16.5 Å². The summed E-state index contributed by atoms with van der Waals surface area (Å²) in [6, 6.07) is 14.1. The predicted octanol–water partition coefficient (Wildman–Crippen LogP) is 4.51. The molecule has 1 atom stereocenters. The molecule has 3 rings (SSSR count). The first kappa shape index (κ1) is 13.7. The van der Waals surface area contributed by atoms with Crippen molar-refractivity contribution < 1.29 is 9.47 Å². The first-order chi connectivity index (χ1) is 9.79. The monoisotopic (exact) mass is 306 g/mol. The van der Waals surface area contributed by atoms with Crippen LogP contribution < -0.4 is 9.47 Å². The molecule has 20 heavy (non-hydrogen) atoms. The van der Waals surface area contributed by atoms with Gasteiger partial charge in [0.15, 0.2) is 11.5 Å². The lowest BCUT2D eigenvalue weighted by molar-refractivity contribution is 0.171. The molecule has 2 nitrogen and oxygen atoms in total. The number of halogens is 1. The van der Waals surface area contributed by atoms with Crippen molar-refractivity contribution in [2.75, 3.05) is 19.5 Å². The smallest absolute Gasteiger partial charge is 0.161 e. The fourth-order valence-electron chi connectivity index (χ4n) is 2.27. The van der Waals surface area contributed by atoms with Gasteiger partial charge in [-0.1, -0.05) is 24.3 Å². The van der Waals surface area contributed by atoms with Gasteiger partial charge in [-0.25, -0.2) is 0 Å². The van der Waals surface area contributed by atoms with E-state index in [1.165, 1.54) is 4.90 Å². The van der Waals surface area contributed by atoms with Gasteiger partial charge in [0.05, 0.1) is 5.38 Å². The van der Waals surface area contributed by atoms with E-state index in [1.807, 2.05) is 30.3 Å². The number of hydrogen-bond donors (Lipinski definition) is 0. The second-order valence-electron chi connectivity index (χ2n) is 4.51. The molecular formula is C16H15ClO2S. The largest absolute Gasteiger partial charge is 0.486 e. The third kappa shape index (κ3) is 2.60. The summed E-state index contributed by atoms with van der Waals surface area (Å²) in [6.45, 7) is 1.19. The Kier molecular flexibility index (Phi) is 4.08. The van der Waals surface area contributed by atoms with Gasteiger partial charge < -0.3 is 9.47 Å². The van der Waals surface area contributed by atoms with Crippen molar-refractivity contribution in [3.63, 3.8) is 0 Å². The van der Waals surface area contributed by atoms with Crippen LogP contribution in [0.3, 0.4) is 0 Å². The molecule has 1 aliphatic rings. The minimum Gasteiger partial charge on any atom is -0.486 e. The van der Waals surface area contributed by atoms with Crippen LogP contribution in [0.25, 0.3) is 0 Å². The number of hydrogen-bond acceptors (Lipinski definition) is 3. The third-order valence-corrected chi connectivity index (χ3v) is 4.57. The number of ether oxygens (including phenoxy) is 2. The molecule has 2 aromatic rings. The second-order valence-corrected chi connectivity index (χ2v) is 5.79. The Hall–Kier alpha value is -1.32. The van der Waals surface area contributed by atoms with E-state index < -0.39 is 0 Å². The predicted molar refractivity (Wildman–Crippen MR) is 83.4 cm³/mol. The topological polar surface area (TPSA) is 18.5 Å². The summed E-state index contributed by atoms with van der Waals surface area (Å²) in [5.41, 5.74) is 2.15. The normalized spacial score (nSPS) is 14.9. The van der Waals surface area contributed by atoms with Gasteiger partial charge in [-0.3, -0.25) is 0 Å².